The van der Waals surface area contributed by atoms with Crippen molar-refractivity contribution < 1.29 is 16.8 Å². The smallest absolute Gasteiger partial charge is 0.314 e. The van der Waals surface area contributed by atoms with Gasteiger partial charge in [-0.2, -0.15) is 0 Å². The lowest BCUT2D eigenvalue weighted by molar-refractivity contribution is 0.521. The molecule has 0 aliphatic carbocycles. The Balaban J connectivity index is 1.69. The first kappa shape index (κ1) is 25.6. The lowest BCUT2D eigenvalue weighted by Crippen LogP contribution is -2.29. The zero-order valence-corrected chi connectivity index (χ0v) is 21.7. The first-order chi connectivity index (χ1) is 16.8. The number of aryl methyl sites for hydroxylation is 1. The molecule has 3 aromatic carbocycles. The van der Waals surface area contributed by atoms with E-state index in [2.05, 4.69) is 14.7 Å². The monoisotopic (exact) mass is 548 g/mol. The molecule has 0 saturated heterocycles. The number of hydrogen-bond donors (Lipinski definition) is 3. The van der Waals surface area contributed by atoms with Crippen LogP contribution in [0.25, 0.3) is 22.2 Å². The second kappa shape index (κ2) is 9.21. The maximum absolute atomic E-state index is 13.1. The van der Waals surface area contributed by atoms with E-state index in [1.54, 1.807) is 25.1 Å². The number of nitrogens with zero attached hydrogens (tertiary/aromatic N) is 1. The van der Waals surface area contributed by atoms with Crippen molar-refractivity contribution in [3.05, 3.63) is 85.9 Å². The Morgan fingerprint density at radius 3 is 2.11 bits per heavy atom. The molecule has 0 unspecified atom stereocenters. The number of hydrogen-bond acceptors (Lipinski definition) is 6. The summed E-state index contributed by atoms with van der Waals surface area (Å²) in [6.07, 6.45) is 0. The average Bonchev–Trinajstić information content (AvgIpc) is 2.79. The number of sulfonamides is 2. The third kappa shape index (κ3) is 4.80. The number of fused-ring (bicyclic) bond motifs is 1. The van der Waals surface area contributed by atoms with Crippen LogP contribution in [0.2, 0.25) is 5.02 Å². The van der Waals surface area contributed by atoms with Gasteiger partial charge in [0.05, 0.1) is 31.5 Å². The minimum atomic E-state index is -4.10. The molecule has 1 aromatic heterocycles. The molecule has 1 heterocycles. The Morgan fingerprint density at radius 1 is 0.861 bits per heavy atom. The fourth-order valence-corrected chi connectivity index (χ4v) is 6.14. The van der Waals surface area contributed by atoms with Gasteiger partial charge in [-0.25, -0.2) is 21.1 Å². The van der Waals surface area contributed by atoms with Gasteiger partial charge in [0.25, 0.3) is 10.0 Å². The van der Waals surface area contributed by atoms with Gasteiger partial charge in [-0.3, -0.25) is 14.3 Å². The van der Waals surface area contributed by atoms with Crippen LogP contribution in [-0.4, -0.2) is 45.2 Å². The van der Waals surface area contributed by atoms with E-state index >= 15 is 0 Å². The van der Waals surface area contributed by atoms with Gasteiger partial charge < -0.3 is 9.97 Å². The van der Waals surface area contributed by atoms with Gasteiger partial charge in [0.15, 0.2) is 0 Å². The highest BCUT2D eigenvalue weighted by Gasteiger charge is 2.21. The van der Waals surface area contributed by atoms with Crippen molar-refractivity contribution in [2.75, 3.05) is 18.8 Å². The van der Waals surface area contributed by atoms with Gasteiger partial charge >= 0.3 is 11.1 Å². The minimum Gasteiger partial charge on any atom is -0.316 e. The summed E-state index contributed by atoms with van der Waals surface area (Å²) in [5.41, 5.74) is 0.297. The quantitative estimate of drug-likeness (QED) is 0.315. The van der Waals surface area contributed by atoms with Crippen LogP contribution >= 0.6 is 11.6 Å². The normalized spacial score (nSPS) is 12.2. The number of rotatable bonds is 6. The number of nitrogens with one attached hydrogen (secondary N) is 3. The number of H-pyrrole nitrogens is 2. The first-order valence-electron chi connectivity index (χ1n) is 10.4. The Labute approximate surface area is 211 Å². The molecule has 36 heavy (non-hydrogen) atoms. The molecule has 0 radical (unpaired) electrons. The summed E-state index contributed by atoms with van der Waals surface area (Å²) in [6, 6.07) is 13.5. The van der Waals surface area contributed by atoms with Crippen LogP contribution in [0.15, 0.2) is 74.0 Å². The third-order valence-corrected chi connectivity index (χ3v) is 9.10. The van der Waals surface area contributed by atoms with Crippen LogP contribution in [0.1, 0.15) is 5.56 Å². The fourth-order valence-electron chi connectivity index (χ4n) is 3.60. The number of halogens is 1. The largest absolute Gasteiger partial charge is 0.316 e. The van der Waals surface area contributed by atoms with E-state index in [0.717, 1.165) is 4.31 Å². The molecule has 4 rings (SSSR count). The van der Waals surface area contributed by atoms with E-state index in [9.17, 15) is 26.4 Å². The predicted octanol–water partition coefficient (Wildman–Crippen LogP) is 2.90. The molecule has 4 aromatic rings. The Morgan fingerprint density at radius 2 is 1.50 bits per heavy atom. The summed E-state index contributed by atoms with van der Waals surface area (Å²) in [5.74, 6) is 0. The highest BCUT2D eigenvalue weighted by atomic mass is 35.5. The molecule has 0 atom stereocenters. The summed E-state index contributed by atoms with van der Waals surface area (Å²) < 4.78 is 54.7. The van der Waals surface area contributed by atoms with Gasteiger partial charge in [-0.1, -0.05) is 29.8 Å². The second-order valence-electron chi connectivity index (χ2n) is 8.19. The maximum Gasteiger partial charge on any atom is 0.314 e. The highest BCUT2D eigenvalue weighted by molar-refractivity contribution is 7.92. The topological polar surface area (TPSA) is 149 Å². The summed E-state index contributed by atoms with van der Waals surface area (Å²) >= 11 is 6.44. The van der Waals surface area contributed by atoms with E-state index < -0.39 is 31.2 Å². The van der Waals surface area contributed by atoms with Crippen LogP contribution in [-0.2, 0) is 20.0 Å². The third-order valence-electron chi connectivity index (χ3n) is 5.45. The van der Waals surface area contributed by atoms with Crippen molar-refractivity contribution in [1.82, 2.24) is 14.3 Å². The number of anilines is 1. The van der Waals surface area contributed by atoms with Crippen molar-refractivity contribution >= 4 is 48.4 Å². The molecule has 0 amide bonds. The number of aromatic nitrogens is 2. The average molecular weight is 549 g/mol. The minimum absolute atomic E-state index is 0.0945. The molecule has 0 spiro atoms. The molecule has 0 saturated carbocycles. The van der Waals surface area contributed by atoms with E-state index in [4.69, 9.17) is 11.6 Å². The molecule has 3 N–H and O–H groups in total. The SMILES string of the molecule is Cc1cc2[nH]c(=O)c(=O)[nH]c2cc1S(=O)(=O)Nc1ccc(-c2cccc(S(=O)(=O)N(C)C)c2)c(Cl)c1. The summed E-state index contributed by atoms with van der Waals surface area (Å²) in [7, 11) is -4.88. The lowest BCUT2D eigenvalue weighted by atomic mass is 10.1. The van der Waals surface area contributed by atoms with E-state index in [-0.39, 0.29) is 26.0 Å². The van der Waals surface area contributed by atoms with Crippen molar-refractivity contribution in [1.29, 1.82) is 0 Å². The summed E-state index contributed by atoms with van der Waals surface area (Å²) in [5, 5.41) is 0.201. The number of aromatic amines is 2. The van der Waals surface area contributed by atoms with E-state index in [1.807, 2.05) is 0 Å². The maximum atomic E-state index is 13.1. The van der Waals surface area contributed by atoms with Crippen molar-refractivity contribution in [3.63, 3.8) is 0 Å². The molecule has 0 aliphatic heterocycles. The highest BCUT2D eigenvalue weighted by Crippen LogP contribution is 2.33. The fraction of sp³-hybridized carbons (Fsp3) is 0.130. The molecule has 0 aliphatic rings. The Bertz CT molecular complexity index is 1840. The molecular formula is C23H21ClN4O6S2. The van der Waals surface area contributed by atoms with Crippen LogP contribution in [0.3, 0.4) is 0 Å². The lowest BCUT2D eigenvalue weighted by Gasteiger charge is -2.14. The molecule has 0 fully saturated rings. The van der Waals surface area contributed by atoms with Crippen LogP contribution in [0.5, 0.6) is 0 Å². The van der Waals surface area contributed by atoms with Crippen LogP contribution in [0, 0.1) is 6.92 Å². The van der Waals surface area contributed by atoms with Gasteiger partial charge in [-0.15, -0.1) is 0 Å². The zero-order chi connectivity index (χ0) is 26.4. The Kier molecular flexibility index (Phi) is 6.56. The van der Waals surface area contributed by atoms with E-state index in [1.165, 1.54) is 50.5 Å². The predicted molar refractivity (Wildman–Crippen MR) is 138 cm³/mol. The van der Waals surface area contributed by atoms with Crippen LogP contribution in [0.4, 0.5) is 5.69 Å². The molecule has 13 heteroatoms. The van der Waals surface area contributed by atoms with Gasteiger partial charge in [-0.05, 0) is 54.4 Å². The Hall–Kier alpha value is -3.45. The summed E-state index contributed by atoms with van der Waals surface area (Å²) in [6.45, 7) is 1.56. The van der Waals surface area contributed by atoms with Gasteiger partial charge in [0, 0.05) is 19.7 Å². The van der Waals surface area contributed by atoms with Crippen molar-refractivity contribution in [3.8, 4) is 11.1 Å². The second-order valence-corrected chi connectivity index (χ2v) is 12.4. The van der Waals surface area contributed by atoms with Gasteiger partial charge in [0.2, 0.25) is 10.0 Å². The standard InChI is InChI=1S/C23H21ClN4O6S2/c1-13-9-19-20(26-23(30)22(29)25-19)12-21(13)35(31,32)27-15-7-8-17(18(24)11-15)14-5-4-6-16(10-14)36(33,34)28(2)3/h4-12,27H,1-3H3,(H,25,29)(H,26,30). The molecule has 10 nitrogen and oxygen atoms in total. The van der Waals surface area contributed by atoms with Crippen LogP contribution < -0.4 is 15.8 Å². The molecule has 188 valence electrons. The van der Waals surface area contributed by atoms with Gasteiger partial charge in [0.1, 0.15) is 0 Å². The first-order valence-corrected chi connectivity index (χ1v) is 13.7. The van der Waals surface area contributed by atoms with Crippen molar-refractivity contribution in [2.24, 2.45) is 0 Å². The molecular weight excluding hydrogens is 528 g/mol. The zero-order valence-electron chi connectivity index (χ0n) is 19.3. The summed E-state index contributed by atoms with van der Waals surface area (Å²) in [4.78, 5) is 28.0. The van der Waals surface area contributed by atoms with Crippen molar-refractivity contribution in [2.45, 2.75) is 16.7 Å². The number of benzene rings is 3. The van der Waals surface area contributed by atoms with E-state index in [0.29, 0.717) is 22.2 Å². The molecule has 0 bridgehead atoms.